The molecule has 0 aliphatic carbocycles. The van der Waals surface area contributed by atoms with E-state index in [9.17, 15) is 26.8 Å². The molecule has 3 aliphatic heterocycles. The summed E-state index contributed by atoms with van der Waals surface area (Å²) in [6.07, 6.45) is -2.52. The molecule has 0 spiro atoms. The molecule has 3 saturated heterocycles. The number of carbonyl (C=O) groups is 2. The van der Waals surface area contributed by atoms with E-state index >= 15 is 0 Å². The van der Waals surface area contributed by atoms with Crippen LogP contribution in [0.15, 0.2) is 0 Å². The van der Waals surface area contributed by atoms with Crippen LogP contribution in [0.5, 0.6) is 0 Å². The fraction of sp³-hybridized carbons (Fsp3) is 0.800. The molecule has 2 bridgehead atoms. The van der Waals surface area contributed by atoms with Crippen molar-refractivity contribution >= 4 is 22.1 Å². The van der Waals surface area contributed by atoms with Crippen molar-refractivity contribution in [1.82, 2.24) is 0 Å². The number of rotatable bonds is 3. The lowest BCUT2D eigenvalue weighted by Crippen LogP contribution is -2.45. The van der Waals surface area contributed by atoms with Crippen LogP contribution in [0.25, 0.3) is 0 Å². The third-order valence-corrected chi connectivity index (χ3v) is 4.78. The van der Waals surface area contributed by atoms with E-state index in [2.05, 4.69) is 4.74 Å². The van der Waals surface area contributed by atoms with Gasteiger partial charge in [-0.3, -0.25) is 9.35 Å². The first-order chi connectivity index (χ1) is 9.63. The topological polar surface area (TPSA) is 116 Å². The van der Waals surface area contributed by atoms with E-state index in [0.717, 1.165) is 0 Å². The zero-order chi connectivity index (χ0) is 15.6. The first-order valence-corrected chi connectivity index (χ1v) is 7.45. The van der Waals surface area contributed by atoms with Crippen LogP contribution in [0, 0.1) is 11.8 Å². The molecule has 0 aromatic heterocycles. The number of halogens is 2. The van der Waals surface area contributed by atoms with Gasteiger partial charge in [-0.15, -0.1) is 0 Å². The Bertz CT molecular complexity index is 602. The minimum absolute atomic E-state index is 0.0652. The van der Waals surface area contributed by atoms with Crippen molar-refractivity contribution in [3.05, 3.63) is 0 Å². The second kappa shape index (κ2) is 4.34. The lowest BCUT2D eigenvalue weighted by molar-refractivity contribution is -0.172. The van der Waals surface area contributed by atoms with E-state index in [1.807, 2.05) is 0 Å². The Kier molecular flexibility index (Phi) is 3.01. The van der Waals surface area contributed by atoms with Gasteiger partial charge in [-0.25, -0.2) is 4.79 Å². The van der Waals surface area contributed by atoms with Crippen molar-refractivity contribution in [1.29, 1.82) is 0 Å². The van der Waals surface area contributed by atoms with E-state index in [4.69, 9.17) is 14.0 Å². The second-order valence-corrected chi connectivity index (χ2v) is 6.59. The summed E-state index contributed by atoms with van der Waals surface area (Å²) in [5.41, 5.74) is 0. The Labute approximate surface area is 117 Å². The average molecular weight is 328 g/mol. The number of fused-ring (bicyclic) bond motifs is 5. The molecule has 11 heteroatoms. The number of carbonyl (C=O) groups excluding carboxylic acids is 2. The zero-order valence-corrected chi connectivity index (χ0v) is 11.1. The van der Waals surface area contributed by atoms with Gasteiger partial charge in [0.15, 0.2) is 0 Å². The molecule has 0 aromatic carbocycles. The van der Waals surface area contributed by atoms with Gasteiger partial charge in [0.05, 0.1) is 18.6 Å². The van der Waals surface area contributed by atoms with E-state index in [1.165, 1.54) is 0 Å². The lowest BCUT2D eigenvalue weighted by atomic mass is 9.80. The molecule has 8 nitrogen and oxygen atoms in total. The van der Waals surface area contributed by atoms with Gasteiger partial charge in [0, 0.05) is 12.3 Å². The van der Waals surface area contributed by atoms with Crippen LogP contribution < -0.4 is 0 Å². The van der Waals surface area contributed by atoms with Crippen molar-refractivity contribution in [3.63, 3.8) is 0 Å². The van der Waals surface area contributed by atoms with Crippen molar-refractivity contribution in [2.24, 2.45) is 11.8 Å². The highest BCUT2D eigenvalue weighted by molar-refractivity contribution is 7.87. The Balaban J connectivity index is 1.73. The van der Waals surface area contributed by atoms with Crippen LogP contribution in [-0.4, -0.2) is 55.1 Å². The highest BCUT2D eigenvalue weighted by Gasteiger charge is 2.63. The Morgan fingerprint density at radius 2 is 2.10 bits per heavy atom. The van der Waals surface area contributed by atoms with Crippen LogP contribution in [0.3, 0.4) is 0 Å². The van der Waals surface area contributed by atoms with Gasteiger partial charge in [-0.1, -0.05) is 0 Å². The van der Waals surface area contributed by atoms with Crippen molar-refractivity contribution < 1.29 is 45.6 Å². The maximum Gasteiger partial charge on any atom is 0.465 e. The maximum atomic E-state index is 13.1. The van der Waals surface area contributed by atoms with E-state index in [0.29, 0.717) is 0 Å². The minimum atomic E-state index is -5.92. The molecule has 3 rings (SSSR count). The van der Waals surface area contributed by atoms with Gasteiger partial charge < -0.3 is 14.2 Å². The molecule has 0 saturated carbocycles. The number of esters is 2. The minimum Gasteiger partial charge on any atom is -0.465 e. The standard InChI is InChI=1S/C10H10F2O8S/c11-10(12,21(15,16)17)9(14)20-5-1-4-3-2-18-8(13)6(3)7(5)19-4/h3-7H,1-2H2,(H,15,16,17)/t3?,4?,5-,6?,7?/m0/s1. The molecular weight excluding hydrogens is 318 g/mol. The molecule has 5 atom stereocenters. The summed E-state index contributed by atoms with van der Waals surface area (Å²) < 4.78 is 70.1. The SMILES string of the molecule is O=C1OCC2C3C[C@H](OC(=O)C(F)(F)S(=O)(=O)O)C(O3)C12. The maximum absolute atomic E-state index is 13.1. The molecule has 1 N–H and O–H groups in total. The molecule has 118 valence electrons. The van der Waals surface area contributed by atoms with Crippen LogP contribution in [0.4, 0.5) is 8.78 Å². The van der Waals surface area contributed by atoms with Crippen LogP contribution in [0.1, 0.15) is 6.42 Å². The smallest absolute Gasteiger partial charge is 0.465 e. The monoisotopic (exact) mass is 328 g/mol. The lowest BCUT2D eigenvalue weighted by Gasteiger charge is -2.25. The molecule has 4 unspecified atom stereocenters. The summed E-state index contributed by atoms with van der Waals surface area (Å²) in [5, 5.41) is -5.07. The summed E-state index contributed by atoms with van der Waals surface area (Å²) in [6.45, 7) is 0.159. The van der Waals surface area contributed by atoms with Crippen LogP contribution in [0.2, 0.25) is 0 Å². The van der Waals surface area contributed by atoms with Gasteiger partial charge >= 0.3 is 27.3 Å². The normalized spacial score (nSPS) is 38.2. The molecule has 21 heavy (non-hydrogen) atoms. The number of hydrogen-bond acceptors (Lipinski definition) is 7. The Morgan fingerprint density at radius 1 is 1.43 bits per heavy atom. The van der Waals surface area contributed by atoms with Crippen LogP contribution in [-0.2, 0) is 33.9 Å². The summed E-state index contributed by atoms with van der Waals surface area (Å²) in [7, 11) is -5.92. The average Bonchev–Trinajstić information content (AvgIpc) is 3.00. The first kappa shape index (κ1) is 14.6. The summed E-state index contributed by atoms with van der Waals surface area (Å²) >= 11 is 0. The van der Waals surface area contributed by atoms with Gasteiger partial charge in [-0.05, 0) is 0 Å². The zero-order valence-electron chi connectivity index (χ0n) is 10.3. The van der Waals surface area contributed by atoms with E-state index < -0.39 is 51.5 Å². The van der Waals surface area contributed by atoms with Crippen LogP contribution >= 0.6 is 0 Å². The van der Waals surface area contributed by atoms with Crippen molar-refractivity contribution in [2.45, 2.75) is 30.0 Å². The molecule has 3 fully saturated rings. The number of hydrogen-bond donors (Lipinski definition) is 1. The largest absolute Gasteiger partial charge is 0.465 e. The molecule has 3 aliphatic rings. The first-order valence-electron chi connectivity index (χ1n) is 6.01. The number of ether oxygens (including phenoxy) is 3. The number of cyclic esters (lactones) is 1. The molecule has 0 amide bonds. The van der Waals surface area contributed by atoms with Gasteiger partial charge in [0.1, 0.15) is 12.2 Å². The van der Waals surface area contributed by atoms with E-state index in [1.54, 1.807) is 0 Å². The van der Waals surface area contributed by atoms with Gasteiger partial charge in [0.25, 0.3) is 0 Å². The van der Waals surface area contributed by atoms with Gasteiger partial charge in [0.2, 0.25) is 0 Å². The predicted octanol–water partition coefficient (Wildman–Crippen LogP) is -0.661. The molecular formula is C10H10F2O8S. The summed E-state index contributed by atoms with van der Waals surface area (Å²) in [6, 6.07) is 0. The summed E-state index contributed by atoms with van der Waals surface area (Å²) in [5.74, 6) is -3.87. The van der Waals surface area contributed by atoms with Gasteiger partial charge in [-0.2, -0.15) is 17.2 Å². The molecule has 0 aromatic rings. The predicted molar refractivity (Wildman–Crippen MR) is 57.6 cm³/mol. The third-order valence-electron chi connectivity index (χ3n) is 3.97. The summed E-state index contributed by atoms with van der Waals surface area (Å²) in [4.78, 5) is 22.7. The highest BCUT2D eigenvalue weighted by Crippen LogP contribution is 2.48. The fourth-order valence-corrected chi connectivity index (χ4v) is 3.25. The Hall–Kier alpha value is -1.33. The second-order valence-electron chi connectivity index (χ2n) is 5.13. The highest BCUT2D eigenvalue weighted by atomic mass is 32.2. The number of alkyl halides is 2. The molecule has 0 radical (unpaired) electrons. The Morgan fingerprint density at radius 3 is 2.71 bits per heavy atom. The van der Waals surface area contributed by atoms with Crippen molar-refractivity contribution in [3.8, 4) is 0 Å². The van der Waals surface area contributed by atoms with Crippen molar-refractivity contribution in [2.75, 3.05) is 6.61 Å². The quantitative estimate of drug-likeness (QED) is 0.536. The third kappa shape index (κ3) is 2.02. The molecule has 3 heterocycles. The van der Waals surface area contributed by atoms with E-state index in [-0.39, 0.29) is 18.9 Å². The fourth-order valence-electron chi connectivity index (χ4n) is 3.00.